The lowest BCUT2D eigenvalue weighted by Crippen LogP contribution is -2.46. The Kier molecular flexibility index (Phi) is 5.41. The molecule has 1 amide bonds. The lowest BCUT2D eigenvalue weighted by atomic mass is 9.92. The maximum atomic E-state index is 12.4. The third-order valence-electron chi connectivity index (χ3n) is 4.69. The maximum Gasteiger partial charge on any atom is 0.260 e. The molecular weight excluding hydrogens is 368 g/mol. The van der Waals surface area contributed by atoms with Crippen molar-refractivity contribution in [2.45, 2.75) is 25.8 Å². The minimum Gasteiger partial charge on any atom is -0.484 e. The van der Waals surface area contributed by atoms with Crippen molar-refractivity contribution in [1.82, 2.24) is 4.90 Å². The van der Waals surface area contributed by atoms with Crippen molar-refractivity contribution in [2.75, 3.05) is 19.7 Å². The summed E-state index contributed by atoms with van der Waals surface area (Å²) in [6.07, 6.45) is 2.12. The van der Waals surface area contributed by atoms with Gasteiger partial charge in [-0.25, -0.2) is 0 Å². The van der Waals surface area contributed by atoms with Crippen molar-refractivity contribution in [3.8, 4) is 5.75 Å². The van der Waals surface area contributed by atoms with Crippen LogP contribution in [-0.2, 0) is 4.79 Å². The quantitative estimate of drug-likeness (QED) is 0.867. The Morgan fingerprint density at radius 3 is 2.88 bits per heavy atom. The summed E-state index contributed by atoms with van der Waals surface area (Å²) in [7, 11) is 0. The molecule has 3 rings (SSSR count). The lowest BCUT2D eigenvalue weighted by molar-refractivity contribution is -0.135. The number of amides is 1. The van der Waals surface area contributed by atoms with Crippen LogP contribution in [0.4, 0.5) is 0 Å². The van der Waals surface area contributed by atoms with E-state index in [4.69, 9.17) is 10.5 Å². The number of likely N-dealkylation sites (tertiary alicyclic amines) is 1. The Balaban J connectivity index is 1.60. The predicted octanol–water partition coefficient (Wildman–Crippen LogP) is 3.57. The number of hydrogen-bond donors (Lipinski definition) is 1. The van der Waals surface area contributed by atoms with Crippen LogP contribution in [0.2, 0.25) is 0 Å². The van der Waals surface area contributed by atoms with Gasteiger partial charge in [0.2, 0.25) is 0 Å². The second-order valence-corrected chi connectivity index (χ2v) is 7.46. The molecule has 4 nitrogen and oxygen atoms in total. The van der Waals surface area contributed by atoms with Crippen LogP contribution in [0.1, 0.15) is 19.8 Å². The first-order valence-corrected chi connectivity index (χ1v) is 9.18. The molecule has 0 radical (unpaired) electrons. The van der Waals surface area contributed by atoms with Gasteiger partial charge in [0.05, 0.1) is 0 Å². The number of halogens is 1. The monoisotopic (exact) mass is 390 g/mol. The van der Waals surface area contributed by atoms with Gasteiger partial charge in [0, 0.05) is 23.6 Å². The molecule has 2 aromatic carbocycles. The molecular formula is C19H23BrN2O2. The van der Waals surface area contributed by atoms with E-state index in [2.05, 4.69) is 22.0 Å². The van der Waals surface area contributed by atoms with E-state index in [0.29, 0.717) is 5.92 Å². The molecule has 0 aromatic heterocycles. The molecule has 0 spiro atoms. The Morgan fingerprint density at radius 1 is 1.33 bits per heavy atom. The van der Waals surface area contributed by atoms with Crippen molar-refractivity contribution in [2.24, 2.45) is 11.7 Å². The van der Waals surface area contributed by atoms with Crippen LogP contribution < -0.4 is 10.5 Å². The first kappa shape index (κ1) is 17.2. The van der Waals surface area contributed by atoms with E-state index in [1.165, 1.54) is 0 Å². The van der Waals surface area contributed by atoms with Crippen LogP contribution in [0.3, 0.4) is 0 Å². The SMILES string of the molecule is CC(N)C1CCCN(C(=O)COc2ccc3cc(Br)ccc3c2)C1. The Labute approximate surface area is 151 Å². The summed E-state index contributed by atoms with van der Waals surface area (Å²) in [6.45, 7) is 3.64. The van der Waals surface area contributed by atoms with E-state index in [0.717, 1.165) is 46.9 Å². The number of fused-ring (bicyclic) bond motifs is 1. The highest BCUT2D eigenvalue weighted by molar-refractivity contribution is 9.10. The summed E-state index contributed by atoms with van der Waals surface area (Å²) < 4.78 is 6.77. The molecule has 1 fully saturated rings. The zero-order valence-corrected chi connectivity index (χ0v) is 15.5. The zero-order valence-electron chi connectivity index (χ0n) is 13.9. The Morgan fingerprint density at radius 2 is 2.08 bits per heavy atom. The number of carbonyl (C=O) groups excluding carboxylic acids is 1. The van der Waals surface area contributed by atoms with Crippen molar-refractivity contribution in [3.63, 3.8) is 0 Å². The van der Waals surface area contributed by atoms with Gasteiger partial charge in [-0.2, -0.15) is 0 Å². The molecule has 0 aliphatic carbocycles. The lowest BCUT2D eigenvalue weighted by Gasteiger charge is -2.34. The number of nitrogens with zero attached hydrogens (tertiary/aromatic N) is 1. The molecule has 1 aliphatic heterocycles. The first-order valence-electron chi connectivity index (χ1n) is 8.38. The summed E-state index contributed by atoms with van der Waals surface area (Å²) in [6, 6.07) is 12.1. The van der Waals surface area contributed by atoms with E-state index in [9.17, 15) is 4.79 Å². The molecule has 0 bridgehead atoms. The summed E-state index contributed by atoms with van der Waals surface area (Å²) in [5, 5.41) is 2.23. The van der Waals surface area contributed by atoms with Crippen LogP contribution in [0.5, 0.6) is 5.75 Å². The van der Waals surface area contributed by atoms with Gasteiger partial charge in [0.1, 0.15) is 5.75 Å². The highest BCUT2D eigenvalue weighted by Crippen LogP contribution is 2.24. The molecule has 1 saturated heterocycles. The second kappa shape index (κ2) is 7.53. The molecule has 2 atom stereocenters. The fraction of sp³-hybridized carbons (Fsp3) is 0.421. The minimum atomic E-state index is 0.0382. The average Bonchev–Trinajstić information content (AvgIpc) is 2.59. The van der Waals surface area contributed by atoms with Gasteiger partial charge in [-0.15, -0.1) is 0 Å². The third-order valence-corrected chi connectivity index (χ3v) is 5.18. The predicted molar refractivity (Wildman–Crippen MR) is 100 cm³/mol. The van der Waals surface area contributed by atoms with Crippen molar-refractivity contribution >= 4 is 32.6 Å². The van der Waals surface area contributed by atoms with Crippen LogP contribution in [-0.4, -0.2) is 36.5 Å². The van der Waals surface area contributed by atoms with Crippen LogP contribution in [0, 0.1) is 5.92 Å². The highest BCUT2D eigenvalue weighted by atomic mass is 79.9. The maximum absolute atomic E-state index is 12.4. The van der Waals surface area contributed by atoms with E-state index in [-0.39, 0.29) is 18.6 Å². The Hall–Kier alpha value is -1.59. The normalized spacial score (nSPS) is 19.3. The van der Waals surface area contributed by atoms with Crippen molar-refractivity contribution in [1.29, 1.82) is 0 Å². The fourth-order valence-electron chi connectivity index (χ4n) is 3.19. The smallest absolute Gasteiger partial charge is 0.260 e. The van der Waals surface area contributed by atoms with Gasteiger partial charge in [0.15, 0.2) is 6.61 Å². The fourth-order valence-corrected chi connectivity index (χ4v) is 3.57. The van der Waals surface area contributed by atoms with Gasteiger partial charge in [-0.3, -0.25) is 4.79 Å². The molecule has 5 heteroatoms. The standard InChI is InChI=1S/C19H23BrN2O2/c1-13(21)16-3-2-8-22(11-16)19(23)12-24-18-7-5-14-9-17(20)6-4-15(14)10-18/h4-7,9-10,13,16H,2-3,8,11-12,21H2,1H3. The van der Waals surface area contributed by atoms with Crippen LogP contribution in [0.25, 0.3) is 10.8 Å². The largest absolute Gasteiger partial charge is 0.484 e. The van der Waals surface area contributed by atoms with Gasteiger partial charge in [0.25, 0.3) is 5.91 Å². The molecule has 24 heavy (non-hydrogen) atoms. The van der Waals surface area contributed by atoms with E-state index in [1.54, 1.807) is 0 Å². The average molecular weight is 391 g/mol. The molecule has 1 heterocycles. The zero-order chi connectivity index (χ0) is 17.1. The molecule has 2 N–H and O–H groups in total. The number of piperidine rings is 1. The summed E-state index contributed by atoms with van der Waals surface area (Å²) in [5.41, 5.74) is 5.99. The van der Waals surface area contributed by atoms with E-state index < -0.39 is 0 Å². The van der Waals surface area contributed by atoms with Crippen molar-refractivity contribution < 1.29 is 9.53 Å². The molecule has 2 aromatic rings. The van der Waals surface area contributed by atoms with E-state index >= 15 is 0 Å². The van der Waals surface area contributed by atoms with Gasteiger partial charge in [-0.05, 0) is 60.7 Å². The number of hydrogen-bond acceptors (Lipinski definition) is 3. The van der Waals surface area contributed by atoms with Crippen LogP contribution >= 0.6 is 15.9 Å². The minimum absolute atomic E-state index is 0.0382. The number of benzene rings is 2. The molecule has 2 unspecified atom stereocenters. The topological polar surface area (TPSA) is 55.6 Å². The highest BCUT2D eigenvalue weighted by Gasteiger charge is 2.25. The summed E-state index contributed by atoms with van der Waals surface area (Å²) in [4.78, 5) is 14.3. The molecule has 1 aliphatic rings. The summed E-state index contributed by atoms with van der Waals surface area (Å²) in [5.74, 6) is 1.15. The molecule has 128 valence electrons. The van der Waals surface area contributed by atoms with E-state index in [1.807, 2.05) is 42.2 Å². The number of nitrogens with two attached hydrogens (primary N) is 1. The summed E-state index contributed by atoms with van der Waals surface area (Å²) >= 11 is 3.47. The number of ether oxygens (including phenoxy) is 1. The number of rotatable bonds is 4. The van der Waals surface area contributed by atoms with Gasteiger partial charge >= 0.3 is 0 Å². The third kappa shape index (κ3) is 4.08. The molecule has 0 saturated carbocycles. The van der Waals surface area contributed by atoms with Crippen molar-refractivity contribution in [3.05, 3.63) is 40.9 Å². The van der Waals surface area contributed by atoms with Gasteiger partial charge in [-0.1, -0.05) is 28.1 Å². The number of carbonyl (C=O) groups is 1. The second-order valence-electron chi connectivity index (χ2n) is 6.54. The first-order chi connectivity index (χ1) is 11.5. The Bertz CT molecular complexity index is 732. The van der Waals surface area contributed by atoms with Gasteiger partial charge < -0.3 is 15.4 Å². The van der Waals surface area contributed by atoms with Crippen LogP contribution in [0.15, 0.2) is 40.9 Å².